The zero-order chi connectivity index (χ0) is 14.2. The van der Waals surface area contributed by atoms with Crippen molar-refractivity contribution in [2.45, 2.75) is 25.0 Å². The zero-order valence-corrected chi connectivity index (χ0v) is 13.0. The second-order valence-electron chi connectivity index (χ2n) is 5.46. The summed E-state index contributed by atoms with van der Waals surface area (Å²) in [4.78, 5) is 0. The van der Waals surface area contributed by atoms with Crippen molar-refractivity contribution in [3.05, 3.63) is 69.7 Å². The van der Waals surface area contributed by atoms with Gasteiger partial charge >= 0.3 is 0 Å². The molecule has 0 saturated carbocycles. The van der Waals surface area contributed by atoms with Gasteiger partial charge in [-0.25, -0.2) is 0 Å². The Hall–Kier alpha value is -1.16. The van der Waals surface area contributed by atoms with Crippen LogP contribution in [0.5, 0.6) is 0 Å². The van der Waals surface area contributed by atoms with Crippen LogP contribution in [-0.4, -0.2) is 11.7 Å². The molecule has 1 heterocycles. The Labute approximate surface area is 128 Å². The molecular formula is C17H18BrNO. The van der Waals surface area contributed by atoms with Crippen molar-refractivity contribution in [1.82, 2.24) is 5.32 Å². The van der Waals surface area contributed by atoms with Crippen molar-refractivity contribution in [3.8, 4) is 0 Å². The fraction of sp³-hybridized carbons (Fsp3) is 0.294. The second-order valence-corrected chi connectivity index (χ2v) is 6.32. The minimum atomic E-state index is -0.962. The van der Waals surface area contributed by atoms with E-state index in [9.17, 15) is 5.11 Å². The highest BCUT2D eigenvalue weighted by molar-refractivity contribution is 9.10. The maximum absolute atomic E-state index is 11.1. The van der Waals surface area contributed by atoms with Crippen LogP contribution in [0.15, 0.2) is 53.0 Å². The van der Waals surface area contributed by atoms with E-state index in [0.29, 0.717) is 0 Å². The fourth-order valence-electron chi connectivity index (χ4n) is 3.03. The van der Waals surface area contributed by atoms with Gasteiger partial charge in [0.15, 0.2) is 0 Å². The maximum Gasteiger partial charge on any atom is 0.107 e. The number of hydrogen-bond donors (Lipinski definition) is 2. The molecule has 0 spiro atoms. The Balaban J connectivity index is 2.07. The van der Waals surface area contributed by atoms with Gasteiger partial charge < -0.3 is 10.4 Å². The van der Waals surface area contributed by atoms with Crippen LogP contribution in [-0.2, 0) is 12.0 Å². The summed E-state index contributed by atoms with van der Waals surface area (Å²) < 4.78 is 0.940. The number of nitrogens with one attached hydrogen (secondary N) is 1. The molecule has 104 valence electrons. The first-order valence-electron chi connectivity index (χ1n) is 6.89. The molecular weight excluding hydrogens is 314 g/mol. The molecule has 0 aromatic heterocycles. The predicted molar refractivity (Wildman–Crippen MR) is 84.6 cm³/mol. The van der Waals surface area contributed by atoms with Crippen molar-refractivity contribution >= 4 is 15.9 Å². The Bertz CT molecular complexity index is 624. The van der Waals surface area contributed by atoms with E-state index in [0.717, 1.165) is 23.0 Å². The monoisotopic (exact) mass is 331 g/mol. The van der Waals surface area contributed by atoms with Crippen LogP contribution >= 0.6 is 15.9 Å². The molecule has 3 rings (SSSR count). The summed E-state index contributed by atoms with van der Waals surface area (Å²) in [6, 6.07) is 16.1. The quantitative estimate of drug-likeness (QED) is 0.882. The number of halogens is 1. The predicted octanol–water partition coefficient (Wildman–Crippen LogP) is 3.54. The molecule has 2 unspecified atom stereocenters. The highest BCUT2D eigenvalue weighted by atomic mass is 79.9. The van der Waals surface area contributed by atoms with Crippen LogP contribution in [0.4, 0.5) is 0 Å². The largest absolute Gasteiger partial charge is 0.383 e. The minimum absolute atomic E-state index is 0.0915. The molecule has 1 aliphatic rings. The van der Waals surface area contributed by atoms with Crippen LogP contribution in [0.25, 0.3) is 0 Å². The molecule has 0 amide bonds. The lowest BCUT2D eigenvalue weighted by Gasteiger charge is -2.38. The summed E-state index contributed by atoms with van der Waals surface area (Å²) in [6.07, 6.45) is 1.01. The molecule has 0 fully saturated rings. The Kier molecular flexibility index (Phi) is 3.67. The van der Waals surface area contributed by atoms with E-state index in [4.69, 9.17) is 0 Å². The van der Waals surface area contributed by atoms with Gasteiger partial charge in [0.1, 0.15) is 5.60 Å². The number of benzene rings is 2. The number of aliphatic hydroxyl groups is 1. The standard InChI is InChI=1S/C17H18BrNO/c1-17(20,14-8-4-5-9-15(14)18)16-13-7-3-2-6-12(13)10-11-19-16/h2-9,16,19-20H,10-11H2,1H3. The topological polar surface area (TPSA) is 32.3 Å². The lowest BCUT2D eigenvalue weighted by molar-refractivity contribution is 0.0112. The summed E-state index contributed by atoms with van der Waals surface area (Å²) >= 11 is 3.55. The first-order valence-corrected chi connectivity index (χ1v) is 7.68. The molecule has 0 aliphatic carbocycles. The highest BCUT2D eigenvalue weighted by Crippen LogP contribution is 2.40. The van der Waals surface area contributed by atoms with Crippen molar-refractivity contribution < 1.29 is 5.11 Å². The molecule has 0 bridgehead atoms. The van der Waals surface area contributed by atoms with Crippen LogP contribution < -0.4 is 5.32 Å². The van der Waals surface area contributed by atoms with Gasteiger partial charge in [-0.2, -0.15) is 0 Å². The average Bonchev–Trinajstić information content (AvgIpc) is 2.47. The van der Waals surface area contributed by atoms with Crippen LogP contribution in [0.3, 0.4) is 0 Å². The van der Waals surface area contributed by atoms with E-state index in [1.54, 1.807) is 0 Å². The SMILES string of the molecule is CC(O)(c1ccccc1Br)C1NCCc2ccccc21. The van der Waals surface area contributed by atoms with Gasteiger partial charge in [-0.15, -0.1) is 0 Å². The fourth-order valence-corrected chi connectivity index (χ4v) is 3.72. The smallest absolute Gasteiger partial charge is 0.107 e. The van der Waals surface area contributed by atoms with Crippen molar-refractivity contribution in [3.63, 3.8) is 0 Å². The first-order chi connectivity index (χ1) is 9.60. The summed E-state index contributed by atoms with van der Waals surface area (Å²) in [5.74, 6) is 0. The second kappa shape index (κ2) is 5.32. The van der Waals surface area contributed by atoms with Gasteiger partial charge in [0.2, 0.25) is 0 Å². The molecule has 20 heavy (non-hydrogen) atoms. The van der Waals surface area contributed by atoms with E-state index < -0.39 is 5.60 Å². The Morgan fingerprint density at radius 3 is 2.65 bits per heavy atom. The molecule has 1 aliphatic heterocycles. The van der Waals surface area contributed by atoms with Crippen LogP contribution in [0.2, 0.25) is 0 Å². The number of rotatable bonds is 2. The van der Waals surface area contributed by atoms with Crippen LogP contribution in [0.1, 0.15) is 29.7 Å². The number of fused-ring (bicyclic) bond motifs is 1. The van der Waals surface area contributed by atoms with Gasteiger partial charge in [0.25, 0.3) is 0 Å². The van der Waals surface area contributed by atoms with Gasteiger partial charge in [-0.05, 0) is 42.6 Å². The lowest BCUT2D eigenvalue weighted by Crippen LogP contribution is -2.43. The van der Waals surface area contributed by atoms with Gasteiger partial charge in [0.05, 0.1) is 6.04 Å². The van der Waals surface area contributed by atoms with E-state index in [1.807, 2.05) is 37.3 Å². The highest BCUT2D eigenvalue weighted by Gasteiger charge is 2.38. The Morgan fingerprint density at radius 2 is 1.85 bits per heavy atom. The van der Waals surface area contributed by atoms with E-state index in [2.05, 4.69) is 39.4 Å². The molecule has 2 N–H and O–H groups in total. The van der Waals surface area contributed by atoms with Gasteiger partial charge in [-0.1, -0.05) is 58.4 Å². The zero-order valence-electron chi connectivity index (χ0n) is 11.4. The Morgan fingerprint density at radius 1 is 1.15 bits per heavy atom. The molecule has 3 heteroatoms. The summed E-state index contributed by atoms with van der Waals surface area (Å²) in [6.45, 7) is 2.77. The maximum atomic E-state index is 11.1. The van der Waals surface area contributed by atoms with Crippen LogP contribution in [0, 0.1) is 0 Å². The molecule has 2 aromatic carbocycles. The summed E-state index contributed by atoms with van der Waals surface area (Å²) in [5.41, 5.74) is 2.47. The van der Waals surface area contributed by atoms with Gasteiger partial charge in [0, 0.05) is 4.47 Å². The normalized spacial score (nSPS) is 21.1. The lowest BCUT2D eigenvalue weighted by atomic mass is 9.80. The summed E-state index contributed by atoms with van der Waals surface area (Å²) in [7, 11) is 0. The third-order valence-corrected chi connectivity index (χ3v) is 4.78. The third-order valence-electron chi connectivity index (χ3n) is 4.09. The number of hydrogen-bond acceptors (Lipinski definition) is 2. The third kappa shape index (κ3) is 2.30. The average molecular weight is 332 g/mol. The molecule has 2 nitrogen and oxygen atoms in total. The van der Waals surface area contributed by atoms with E-state index >= 15 is 0 Å². The van der Waals surface area contributed by atoms with E-state index in [-0.39, 0.29) is 6.04 Å². The van der Waals surface area contributed by atoms with Gasteiger partial charge in [-0.3, -0.25) is 0 Å². The molecule has 0 saturated heterocycles. The molecule has 2 aromatic rings. The summed E-state index contributed by atoms with van der Waals surface area (Å²) in [5, 5.41) is 14.6. The molecule has 0 radical (unpaired) electrons. The minimum Gasteiger partial charge on any atom is -0.383 e. The van der Waals surface area contributed by atoms with Crippen molar-refractivity contribution in [1.29, 1.82) is 0 Å². The van der Waals surface area contributed by atoms with Crippen molar-refractivity contribution in [2.75, 3.05) is 6.54 Å². The molecule has 2 atom stereocenters. The first kappa shape index (κ1) is 13.8. The van der Waals surface area contributed by atoms with Crippen molar-refractivity contribution in [2.24, 2.45) is 0 Å². The van der Waals surface area contributed by atoms with E-state index in [1.165, 1.54) is 11.1 Å².